The molecule has 3 rings (SSSR count). The van der Waals surface area contributed by atoms with E-state index in [1.165, 1.54) is 4.90 Å². The van der Waals surface area contributed by atoms with E-state index in [-0.39, 0.29) is 5.69 Å². The number of rotatable bonds is 1. The van der Waals surface area contributed by atoms with Crippen molar-refractivity contribution < 1.29 is 22.4 Å². The van der Waals surface area contributed by atoms with Crippen LogP contribution in [0, 0.1) is 5.82 Å². The van der Waals surface area contributed by atoms with Crippen molar-refractivity contribution in [2.24, 2.45) is 0 Å². The smallest absolute Gasteiger partial charge is 0.320 e. The molecule has 0 spiro atoms. The number of pyridine rings is 1. The molecule has 2 amide bonds. The zero-order valence-corrected chi connectivity index (χ0v) is 12.4. The Kier molecular flexibility index (Phi) is 4.13. The van der Waals surface area contributed by atoms with Crippen molar-refractivity contribution in [1.82, 2.24) is 9.88 Å². The molecule has 0 saturated heterocycles. The van der Waals surface area contributed by atoms with Crippen molar-refractivity contribution in [1.29, 1.82) is 0 Å². The summed E-state index contributed by atoms with van der Waals surface area (Å²) in [6.07, 6.45) is -0.753. The van der Waals surface area contributed by atoms with Gasteiger partial charge >= 0.3 is 12.2 Å². The van der Waals surface area contributed by atoms with Crippen LogP contribution in [-0.2, 0) is 19.1 Å². The number of carbonyl (C=O) groups excluding carboxylic acids is 1. The van der Waals surface area contributed by atoms with Crippen LogP contribution in [0.25, 0.3) is 0 Å². The minimum atomic E-state index is -4.77. The van der Waals surface area contributed by atoms with Crippen LogP contribution in [0.1, 0.15) is 16.7 Å². The van der Waals surface area contributed by atoms with E-state index in [4.69, 9.17) is 0 Å². The van der Waals surface area contributed by atoms with Gasteiger partial charge in [-0.05, 0) is 41.8 Å². The number of amides is 2. The SMILES string of the molecule is O=C(Nc1ccc(C(F)(F)F)c(F)c1)N1CCc2cnccc2C1. The highest BCUT2D eigenvalue weighted by Crippen LogP contribution is 2.32. The zero-order chi connectivity index (χ0) is 17.3. The molecule has 1 aliphatic rings. The highest BCUT2D eigenvalue weighted by atomic mass is 19.4. The lowest BCUT2D eigenvalue weighted by Gasteiger charge is -2.28. The van der Waals surface area contributed by atoms with Gasteiger partial charge in [-0.15, -0.1) is 0 Å². The molecular weight excluding hydrogens is 326 g/mol. The molecule has 1 aliphatic heterocycles. The Labute approximate surface area is 135 Å². The average Bonchev–Trinajstić information content (AvgIpc) is 2.53. The highest BCUT2D eigenvalue weighted by molar-refractivity contribution is 5.89. The van der Waals surface area contributed by atoms with Crippen LogP contribution in [0.2, 0.25) is 0 Å². The summed E-state index contributed by atoms with van der Waals surface area (Å²) in [5.41, 5.74) is 0.637. The lowest BCUT2D eigenvalue weighted by molar-refractivity contribution is -0.139. The Morgan fingerprint density at radius 3 is 2.71 bits per heavy atom. The molecule has 1 aromatic heterocycles. The van der Waals surface area contributed by atoms with E-state index in [0.29, 0.717) is 31.6 Å². The zero-order valence-electron chi connectivity index (χ0n) is 12.4. The largest absolute Gasteiger partial charge is 0.419 e. The van der Waals surface area contributed by atoms with Gasteiger partial charge in [0.15, 0.2) is 0 Å². The maximum absolute atomic E-state index is 13.5. The van der Waals surface area contributed by atoms with Crippen LogP contribution >= 0.6 is 0 Å². The molecule has 2 heterocycles. The summed E-state index contributed by atoms with van der Waals surface area (Å²) in [5.74, 6) is -1.42. The number of anilines is 1. The third kappa shape index (κ3) is 3.32. The second kappa shape index (κ2) is 6.10. The van der Waals surface area contributed by atoms with E-state index in [2.05, 4.69) is 10.3 Å². The molecule has 0 saturated carbocycles. The van der Waals surface area contributed by atoms with Gasteiger partial charge in [-0.2, -0.15) is 13.2 Å². The van der Waals surface area contributed by atoms with Gasteiger partial charge in [-0.1, -0.05) is 0 Å². The summed E-state index contributed by atoms with van der Waals surface area (Å²) in [6.45, 7) is 0.820. The summed E-state index contributed by atoms with van der Waals surface area (Å²) in [7, 11) is 0. The first-order chi connectivity index (χ1) is 11.3. The molecule has 4 nitrogen and oxygen atoms in total. The molecule has 0 atom stereocenters. The van der Waals surface area contributed by atoms with E-state index in [1.54, 1.807) is 12.4 Å². The number of carbonyl (C=O) groups is 1. The van der Waals surface area contributed by atoms with Crippen molar-refractivity contribution >= 4 is 11.7 Å². The molecule has 0 radical (unpaired) electrons. The van der Waals surface area contributed by atoms with Crippen LogP contribution in [0.3, 0.4) is 0 Å². The fraction of sp³-hybridized carbons (Fsp3) is 0.250. The Bertz CT molecular complexity index is 776. The van der Waals surface area contributed by atoms with Gasteiger partial charge in [0.25, 0.3) is 0 Å². The minimum Gasteiger partial charge on any atom is -0.320 e. The monoisotopic (exact) mass is 339 g/mol. The molecule has 0 unspecified atom stereocenters. The van der Waals surface area contributed by atoms with Gasteiger partial charge in [-0.3, -0.25) is 4.98 Å². The number of nitrogens with one attached hydrogen (secondary N) is 1. The third-order valence-corrected chi connectivity index (χ3v) is 3.83. The second-order valence-electron chi connectivity index (χ2n) is 5.44. The van der Waals surface area contributed by atoms with Gasteiger partial charge < -0.3 is 10.2 Å². The van der Waals surface area contributed by atoms with Gasteiger partial charge in [0.1, 0.15) is 5.82 Å². The molecular formula is C16H13F4N3O. The van der Waals surface area contributed by atoms with E-state index >= 15 is 0 Å². The number of benzene rings is 1. The van der Waals surface area contributed by atoms with Crippen LogP contribution < -0.4 is 5.32 Å². The lowest BCUT2D eigenvalue weighted by Crippen LogP contribution is -2.38. The molecule has 0 aliphatic carbocycles. The van der Waals surface area contributed by atoms with Crippen molar-refractivity contribution in [2.45, 2.75) is 19.1 Å². The highest BCUT2D eigenvalue weighted by Gasteiger charge is 2.34. The van der Waals surface area contributed by atoms with Crippen molar-refractivity contribution in [2.75, 3.05) is 11.9 Å². The number of hydrogen-bond donors (Lipinski definition) is 1. The molecule has 0 fully saturated rings. The van der Waals surface area contributed by atoms with E-state index in [9.17, 15) is 22.4 Å². The topological polar surface area (TPSA) is 45.2 Å². The number of hydrogen-bond acceptors (Lipinski definition) is 2. The van der Waals surface area contributed by atoms with E-state index in [1.807, 2.05) is 6.07 Å². The summed E-state index contributed by atoms with van der Waals surface area (Å²) >= 11 is 0. The maximum atomic E-state index is 13.5. The Morgan fingerprint density at radius 1 is 1.21 bits per heavy atom. The number of nitrogens with zero attached hydrogens (tertiary/aromatic N) is 2. The summed E-state index contributed by atoms with van der Waals surface area (Å²) in [4.78, 5) is 17.8. The molecule has 2 aromatic rings. The summed E-state index contributed by atoms with van der Waals surface area (Å²) < 4.78 is 51.1. The van der Waals surface area contributed by atoms with Gasteiger partial charge in [0.05, 0.1) is 5.56 Å². The summed E-state index contributed by atoms with van der Waals surface area (Å²) in [6, 6.07) is 3.64. The lowest BCUT2D eigenvalue weighted by atomic mass is 10.0. The predicted molar refractivity (Wildman–Crippen MR) is 78.8 cm³/mol. The van der Waals surface area contributed by atoms with Crippen LogP contribution in [0.15, 0.2) is 36.7 Å². The quantitative estimate of drug-likeness (QED) is 0.803. The molecule has 8 heteroatoms. The maximum Gasteiger partial charge on any atom is 0.419 e. The van der Waals surface area contributed by atoms with Crippen molar-refractivity contribution in [3.63, 3.8) is 0 Å². The van der Waals surface area contributed by atoms with Gasteiger partial charge in [0.2, 0.25) is 0 Å². The third-order valence-electron chi connectivity index (χ3n) is 3.83. The number of urea groups is 1. The fourth-order valence-electron chi connectivity index (χ4n) is 2.57. The Hall–Kier alpha value is -2.64. The van der Waals surface area contributed by atoms with Crippen LogP contribution in [0.5, 0.6) is 0 Å². The van der Waals surface area contributed by atoms with Crippen molar-refractivity contribution in [3.05, 3.63) is 59.2 Å². The van der Waals surface area contributed by atoms with E-state index in [0.717, 1.165) is 17.2 Å². The molecule has 24 heavy (non-hydrogen) atoms. The Morgan fingerprint density at radius 2 is 2.00 bits per heavy atom. The normalized spacial score (nSPS) is 14.2. The number of alkyl halides is 3. The second-order valence-corrected chi connectivity index (χ2v) is 5.44. The van der Waals surface area contributed by atoms with Crippen LogP contribution in [-0.4, -0.2) is 22.5 Å². The predicted octanol–water partition coefficient (Wildman–Crippen LogP) is 3.83. The number of aromatic nitrogens is 1. The molecule has 1 aromatic carbocycles. The van der Waals surface area contributed by atoms with E-state index < -0.39 is 23.6 Å². The standard InChI is InChI=1S/C16H13F4N3O/c17-14-7-12(1-2-13(14)16(18,19)20)22-15(24)23-6-4-10-8-21-5-3-11(10)9-23/h1-3,5,7-8H,4,6,9H2,(H,22,24). The van der Waals surface area contributed by atoms with Gasteiger partial charge in [0, 0.05) is 31.2 Å². The fourth-order valence-corrected chi connectivity index (χ4v) is 2.57. The summed E-state index contributed by atoms with van der Waals surface area (Å²) in [5, 5.41) is 2.43. The first kappa shape index (κ1) is 16.2. The minimum absolute atomic E-state index is 0.0222. The Balaban J connectivity index is 1.71. The molecule has 126 valence electrons. The number of fused-ring (bicyclic) bond motifs is 1. The first-order valence-electron chi connectivity index (χ1n) is 7.19. The first-order valence-corrected chi connectivity index (χ1v) is 7.19. The number of halogens is 4. The molecule has 0 bridgehead atoms. The molecule has 1 N–H and O–H groups in total. The average molecular weight is 339 g/mol. The van der Waals surface area contributed by atoms with Crippen LogP contribution in [0.4, 0.5) is 28.0 Å². The van der Waals surface area contributed by atoms with Gasteiger partial charge in [-0.25, -0.2) is 9.18 Å². The van der Waals surface area contributed by atoms with Crippen molar-refractivity contribution in [3.8, 4) is 0 Å².